The first-order valence-corrected chi connectivity index (χ1v) is 10.7. The van der Waals surface area contributed by atoms with Crippen molar-refractivity contribution in [2.45, 2.75) is 12.7 Å². The van der Waals surface area contributed by atoms with E-state index in [1.54, 1.807) is 24.3 Å². The highest BCUT2D eigenvalue weighted by atomic mass is 35.5. The molecule has 4 rings (SSSR count). The molecule has 0 unspecified atom stereocenters. The highest BCUT2D eigenvalue weighted by molar-refractivity contribution is 6.30. The first-order chi connectivity index (χ1) is 16.5. The number of carbonyl (C=O) groups is 1. The van der Waals surface area contributed by atoms with Crippen molar-refractivity contribution in [1.29, 1.82) is 0 Å². The maximum atomic E-state index is 13.4. The molecule has 3 aromatic carbocycles. The molecule has 5 nitrogen and oxygen atoms in total. The molecule has 1 heterocycles. The van der Waals surface area contributed by atoms with Crippen LogP contribution in [-0.4, -0.2) is 20.8 Å². The molecule has 0 saturated heterocycles. The van der Waals surface area contributed by atoms with E-state index in [0.717, 1.165) is 30.8 Å². The van der Waals surface area contributed by atoms with Crippen molar-refractivity contribution in [1.82, 2.24) is 9.78 Å². The lowest BCUT2D eigenvalue weighted by molar-refractivity contribution is -0.143. The van der Waals surface area contributed by atoms with Crippen LogP contribution in [0, 0.1) is 5.82 Å². The van der Waals surface area contributed by atoms with Gasteiger partial charge in [0.05, 0.1) is 12.2 Å². The summed E-state index contributed by atoms with van der Waals surface area (Å²) in [4.78, 5) is 14.7. The van der Waals surface area contributed by atoms with Crippen molar-refractivity contribution >= 4 is 23.2 Å². The normalized spacial score (nSPS) is 11.5. The van der Waals surface area contributed by atoms with Gasteiger partial charge in [-0.25, -0.2) is 4.39 Å². The Bertz CT molecular complexity index is 1370. The van der Waals surface area contributed by atoms with Gasteiger partial charge < -0.3 is 10.0 Å². The zero-order valence-electron chi connectivity index (χ0n) is 18.2. The Labute approximate surface area is 202 Å². The zero-order valence-corrected chi connectivity index (χ0v) is 19.0. The van der Waals surface area contributed by atoms with Gasteiger partial charge in [0.15, 0.2) is 0 Å². The molecule has 0 atom stereocenters. The van der Waals surface area contributed by atoms with Crippen molar-refractivity contribution in [3.63, 3.8) is 0 Å². The zero-order chi connectivity index (χ0) is 25.3. The molecule has 10 heteroatoms. The molecule has 35 heavy (non-hydrogen) atoms. The van der Waals surface area contributed by atoms with Crippen molar-refractivity contribution in [2.75, 3.05) is 4.90 Å². The predicted molar refractivity (Wildman–Crippen MR) is 124 cm³/mol. The van der Waals surface area contributed by atoms with Gasteiger partial charge in [-0.1, -0.05) is 23.7 Å². The minimum atomic E-state index is -4.60. The van der Waals surface area contributed by atoms with Crippen LogP contribution in [0.3, 0.4) is 0 Å². The minimum absolute atomic E-state index is 0.0699. The Morgan fingerprint density at radius 3 is 2.26 bits per heavy atom. The van der Waals surface area contributed by atoms with E-state index < -0.39 is 23.6 Å². The highest BCUT2D eigenvalue weighted by Gasteiger charge is 2.35. The van der Waals surface area contributed by atoms with Crippen molar-refractivity contribution in [3.8, 4) is 17.0 Å². The minimum Gasteiger partial charge on any atom is -0.507 e. The van der Waals surface area contributed by atoms with E-state index in [4.69, 9.17) is 11.6 Å². The maximum Gasteiger partial charge on any atom is 0.433 e. The maximum absolute atomic E-state index is 13.4. The molecular formula is C25H18ClF4N3O2. The van der Waals surface area contributed by atoms with Crippen molar-refractivity contribution < 1.29 is 27.5 Å². The van der Waals surface area contributed by atoms with Crippen LogP contribution >= 0.6 is 11.6 Å². The SMILES string of the molecule is Cn1nc(-c2ccc(N(Cc3ccc(Cl)cc3)C(=O)c3ccc(F)cc3)cc2O)cc1C(F)(F)F. The number of carbonyl (C=O) groups excluding carboxylic acids is 1. The number of aryl methyl sites for hydroxylation is 1. The number of phenolic OH excluding ortho intramolecular Hbond substituents is 1. The summed E-state index contributed by atoms with van der Waals surface area (Å²) in [6, 6.07) is 16.8. The third-order valence-electron chi connectivity index (χ3n) is 5.33. The van der Waals surface area contributed by atoms with Gasteiger partial charge in [-0.2, -0.15) is 18.3 Å². The molecule has 0 bridgehead atoms. The molecule has 1 amide bonds. The molecule has 0 saturated carbocycles. The topological polar surface area (TPSA) is 58.4 Å². The molecule has 180 valence electrons. The van der Waals surface area contributed by atoms with Gasteiger partial charge in [0.1, 0.15) is 17.3 Å². The van der Waals surface area contributed by atoms with E-state index >= 15 is 0 Å². The molecule has 0 radical (unpaired) electrons. The number of aromatic nitrogens is 2. The molecule has 1 aromatic heterocycles. The van der Waals surface area contributed by atoms with Gasteiger partial charge in [0.25, 0.3) is 5.91 Å². The Hall–Kier alpha value is -3.85. The average Bonchev–Trinajstić information content (AvgIpc) is 3.20. The van der Waals surface area contributed by atoms with Crippen LogP contribution in [0.15, 0.2) is 72.8 Å². The second kappa shape index (κ2) is 9.42. The first kappa shape index (κ1) is 24.3. The van der Waals surface area contributed by atoms with Crippen LogP contribution in [0.4, 0.5) is 23.2 Å². The van der Waals surface area contributed by atoms with Crippen molar-refractivity contribution in [3.05, 3.63) is 100 Å². The molecule has 0 fully saturated rings. The number of benzene rings is 3. The van der Waals surface area contributed by atoms with Crippen LogP contribution in [-0.2, 0) is 19.8 Å². The Morgan fingerprint density at radius 1 is 1.03 bits per heavy atom. The van der Waals surface area contributed by atoms with Gasteiger partial charge in [0, 0.05) is 35.0 Å². The molecular weight excluding hydrogens is 486 g/mol. The smallest absolute Gasteiger partial charge is 0.433 e. The van der Waals surface area contributed by atoms with Crippen LogP contribution in [0.1, 0.15) is 21.6 Å². The van der Waals surface area contributed by atoms with Crippen LogP contribution < -0.4 is 4.90 Å². The van der Waals surface area contributed by atoms with E-state index in [0.29, 0.717) is 9.70 Å². The van der Waals surface area contributed by atoms with Gasteiger partial charge >= 0.3 is 6.18 Å². The number of halogens is 5. The lowest BCUT2D eigenvalue weighted by Gasteiger charge is -2.24. The van der Waals surface area contributed by atoms with E-state index in [1.165, 1.54) is 35.2 Å². The van der Waals surface area contributed by atoms with E-state index in [1.807, 2.05) is 0 Å². The molecule has 0 aliphatic heterocycles. The first-order valence-electron chi connectivity index (χ1n) is 10.3. The fourth-order valence-corrected chi connectivity index (χ4v) is 3.70. The third-order valence-corrected chi connectivity index (χ3v) is 5.58. The van der Waals surface area contributed by atoms with Crippen LogP contribution in [0.25, 0.3) is 11.3 Å². The fourth-order valence-electron chi connectivity index (χ4n) is 3.57. The van der Waals surface area contributed by atoms with Gasteiger partial charge in [0.2, 0.25) is 0 Å². The van der Waals surface area contributed by atoms with Crippen molar-refractivity contribution in [2.24, 2.45) is 7.05 Å². The second-order valence-electron chi connectivity index (χ2n) is 7.76. The Morgan fingerprint density at radius 2 is 1.69 bits per heavy atom. The number of anilines is 1. The number of aromatic hydroxyl groups is 1. The summed E-state index contributed by atoms with van der Waals surface area (Å²) in [5.74, 6) is -1.33. The largest absolute Gasteiger partial charge is 0.507 e. The van der Waals surface area contributed by atoms with Gasteiger partial charge in [-0.3, -0.25) is 9.48 Å². The summed E-state index contributed by atoms with van der Waals surface area (Å²) in [6.45, 7) is 0.0912. The highest BCUT2D eigenvalue weighted by Crippen LogP contribution is 2.36. The van der Waals surface area contributed by atoms with E-state index in [9.17, 15) is 27.5 Å². The lowest BCUT2D eigenvalue weighted by Crippen LogP contribution is -2.30. The number of nitrogens with zero attached hydrogens (tertiary/aromatic N) is 3. The number of rotatable bonds is 5. The van der Waals surface area contributed by atoms with Gasteiger partial charge in [-0.15, -0.1) is 0 Å². The Kier molecular flexibility index (Phi) is 6.53. The molecule has 0 spiro atoms. The van der Waals surface area contributed by atoms with Crippen LogP contribution in [0.2, 0.25) is 5.02 Å². The summed E-state index contributed by atoms with van der Waals surface area (Å²) in [5.41, 5.74) is 0.254. The number of amides is 1. The third kappa shape index (κ3) is 5.30. The second-order valence-corrected chi connectivity index (χ2v) is 8.20. The fraction of sp³-hybridized carbons (Fsp3) is 0.120. The summed E-state index contributed by atoms with van der Waals surface area (Å²) in [7, 11) is 1.16. The van der Waals surface area contributed by atoms with E-state index in [-0.39, 0.29) is 34.8 Å². The lowest BCUT2D eigenvalue weighted by atomic mass is 10.1. The number of alkyl halides is 3. The number of hydrogen-bond donors (Lipinski definition) is 1. The predicted octanol–water partition coefficient (Wildman–Crippen LogP) is 6.45. The summed E-state index contributed by atoms with van der Waals surface area (Å²) in [6.07, 6.45) is -4.60. The quantitative estimate of drug-likeness (QED) is 0.318. The molecule has 0 aliphatic carbocycles. The average molecular weight is 504 g/mol. The summed E-state index contributed by atoms with van der Waals surface area (Å²) in [5, 5.41) is 15.0. The molecule has 4 aromatic rings. The van der Waals surface area contributed by atoms with Gasteiger partial charge in [-0.05, 0) is 60.2 Å². The monoisotopic (exact) mass is 503 g/mol. The Balaban J connectivity index is 1.73. The summed E-state index contributed by atoms with van der Waals surface area (Å²) >= 11 is 5.95. The van der Waals surface area contributed by atoms with Crippen LogP contribution in [0.5, 0.6) is 5.75 Å². The van der Waals surface area contributed by atoms with E-state index in [2.05, 4.69) is 5.10 Å². The standard InChI is InChI=1S/C25H18ClF4N3O2/c1-32-23(25(28,29)30)13-21(31-32)20-11-10-19(12-22(20)34)33(14-15-2-6-17(26)7-3-15)24(35)16-4-8-18(27)9-5-16/h2-13,34H,14H2,1H3. The summed E-state index contributed by atoms with van der Waals surface area (Å²) < 4.78 is 53.5. The number of phenols is 1. The number of hydrogen-bond acceptors (Lipinski definition) is 3. The molecule has 0 aliphatic rings. The molecule has 1 N–H and O–H groups in total.